The lowest BCUT2D eigenvalue weighted by Gasteiger charge is -2.10. The van der Waals surface area contributed by atoms with Gasteiger partial charge in [0, 0.05) is 23.9 Å². The molecule has 0 spiro atoms. The molecular weight excluding hydrogens is 489 g/mol. The van der Waals surface area contributed by atoms with Gasteiger partial charge in [0.2, 0.25) is 11.7 Å². The molecule has 0 saturated heterocycles. The van der Waals surface area contributed by atoms with Crippen molar-refractivity contribution >= 4 is 17.2 Å². The minimum atomic E-state index is -4.44. The third-order valence-electron chi connectivity index (χ3n) is 5.64. The van der Waals surface area contributed by atoms with Crippen molar-refractivity contribution in [3.8, 4) is 11.4 Å². The topological polar surface area (TPSA) is 94.6 Å². The van der Waals surface area contributed by atoms with Crippen molar-refractivity contribution < 1.29 is 36.0 Å². The van der Waals surface area contributed by atoms with E-state index >= 15 is 0 Å². The van der Waals surface area contributed by atoms with Gasteiger partial charge in [-0.15, -0.1) is 0 Å². The molecule has 1 saturated carbocycles. The summed E-state index contributed by atoms with van der Waals surface area (Å²) in [5, 5.41) is 6.54. The van der Waals surface area contributed by atoms with Crippen LogP contribution in [0.4, 0.5) is 27.6 Å². The number of ether oxygens (including phenoxy) is 1. The van der Waals surface area contributed by atoms with Crippen molar-refractivity contribution in [3.05, 3.63) is 65.4 Å². The Hall–Kier alpha value is -3.87. The monoisotopic (exact) mass is 507 g/mol. The van der Waals surface area contributed by atoms with Crippen LogP contribution in [-0.2, 0) is 11.3 Å². The van der Waals surface area contributed by atoms with E-state index < -0.39 is 30.5 Å². The number of pyridine rings is 1. The van der Waals surface area contributed by atoms with Crippen LogP contribution < -0.4 is 5.32 Å². The van der Waals surface area contributed by atoms with Gasteiger partial charge in [0.05, 0.1) is 12.8 Å². The molecule has 36 heavy (non-hydrogen) atoms. The van der Waals surface area contributed by atoms with E-state index in [2.05, 4.69) is 25.2 Å². The summed E-state index contributed by atoms with van der Waals surface area (Å²) in [5.74, 6) is -4.47. The standard InChI is InChI=1S/C23H18F5N5O3/c1-12-2-4-14(19-31-21(36-32-19)15-7-22(15,24)25)6-16(12)30-20(34)17-8-29-18-5-3-13(9-33(17)18)10-35-11-23(26,27)28/h2-6,8-9,15H,7,10-11H2,1H3,(H,30,34). The largest absolute Gasteiger partial charge is 0.411 e. The average Bonchev–Trinajstić information content (AvgIpc) is 3.17. The smallest absolute Gasteiger partial charge is 0.367 e. The third-order valence-corrected chi connectivity index (χ3v) is 5.64. The van der Waals surface area contributed by atoms with Crippen LogP contribution in [0.1, 0.15) is 39.8 Å². The first kappa shape index (κ1) is 23.9. The van der Waals surface area contributed by atoms with Crippen LogP contribution in [0, 0.1) is 6.92 Å². The molecule has 5 rings (SSSR count). The lowest BCUT2D eigenvalue weighted by Crippen LogP contribution is -2.17. The number of hydrogen-bond donors (Lipinski definition) is 1. The van der Waals surface area contributed by atoms with Gasteiger partial charge in [0.15, 0.2) is 0 Å². The number of anilines is 1. The first-order valence-electron chi connectivity index (χ1n) is 10.7. The second-order valence-electron chi connectivity index (χ2n) is 8.47. The molecule has 3 heterocycles. The molecule has 0 aliphatic heterocycles. The predicted molar refractivity (Wildman–Crippen MR) is 116 cm³/mol. The molecule has 13 heteroatoms. The maximum Gasteiger partial charge on any atom is 0.411 e. The summed E-state index contributed by atoms with van der Waals surface area (Å²) in [4.78, 5) is 21.2. The molecule has 1 N–H and O–H groups in total. The highest BCUT2D eigenvalue weighted by atomic mass is 19.4. The zero-order valence-corrected chi connectivity index (χ0v) is 18.6. The van der Waals surface area contributed by atoms with E-state index in [1.807, 2.05) is 0 Å². The van der Waals surface area contributed by atoms with Gasteiger partial charge < -0.3 is 14.6 Å². The Kier molecular flexibility index (Phi) is 5.74. The summed E-state index contributed by atoms with van der Waals surface area (Å²) in [6.07, 6.45) is -1.96. The molecule has 1 amide bonds. The number of aryl methyl sites for hydroxylation is 1. The van der Waals surface area contributed by atoms with Crippen molar-refractivity contribution in [1.82, 2.24) is 19.5 Å². The molecule has 8 nitrogen and oxygen atoms in total. The molecule has 1 atom stereocenters. The molecule has 4 aromatic rings. The number of halogens is 5. The van der Waals surface area contributed by atoms with Crippen molar-refractivity contribution in [3.63, 3.8) is 0 Å². The van der Waals surface area contributed by atoms with Gasteiger partial charge in [-0.3, -0.25) is 9.20 Å². The summed E-state index contributed by atoms with van der Waals surface area (Å²) >= 11 is 0. The van der Waals surface area contributed by atoms with Crippen LogP contribution in [0.15, 0.2) is 47.2 Å². The molecule has 1 unspecified atom stereocenters. The lowest BCUT2D eigenvalue weighted by molar-refractivity contribution is -0.176. The Morgan fingerprint density at radius 1 is 1.28 bits per heavy atom. The lowest BCUT2D eigenvalue weighted by atomic mass is 10.1. The summed E-state index contributed by atoms with van der Waals surface area (Å²) in [7, 11) is 0. The second-order valence-corrected chi connectivity index (χ2v) is 8.47. The minimum Gasteiger partial charge on any atom is -0.367 e. The zero-order chi connectivity index (χ0) is 25.7. The fraction of sp³-hybridized carbons (Fsp3) is 0.304. The Balaban J connectivity index is 1.34. The van der Waals surface area contributed by atoms with Gasteiger partial charge in [-0.2, -0.15) is 18.2 Å². The second kappa shape index (κ2) is 8.66. The summed E-state index contributed by atoms with van der Waals surface area (Å²) < 4.78 is 74.7. The average molecular weight is 507 g/mol. The maximum atomic E-state index is 13.3. The zero-order valence-electron chi connectivity index (χ0n) is 18.6. The number of carbonyl (C=O) groups excluding carboxylic acids is 1. The highest BCUT2D eigenvalue weighted by molar-refractivity contribution is 6.04. The van der Waals surface area contributed by atoms with Crippen LogP contribution in [0.2, 0.25) is 0 Å². The Morgan fingerprint density at radius 2 is 2.06 bits per heavy atom. The molecule has 1 aliphatic carbocycles. The van der Waals surface area contributed by atoms with Gasteiger partial charge in [-0.25, -0.2) is 13.8 Å². The Labute approximate surface area is 200 Å². The maximum absolute atomic E-state index is 13.3. The first-order chi connectivity index (χ1) is 17.0. The van der Waals surface area contributed by atoms with E-state index in [-0.39, 0.29) is 30.4 Å². The number of amides is 1. The molecule has 1 aliphatic rings. The van der Waals surface area contributed by atoms with Crippen molar-refractivity contribution in [2.24, 2.45) is 0 Å². The molecule has 3 aromatic heterocycles. The Morgan fingerprint density at radius 3 is 2.78 bits per heavy atom. The summed E-state index contributed by atoms with van der Waals surface area (Å²) in [6, 6.07) is 8.09. The van der Waals surface area contributed by atoms with E-state index in [0.717, 1.165) is 0 Å². The third kappa shape index (κ3) is 4.91. The fourth-order valence-electron chi connectivity index (χ4n) is 3.62. The molecule has 0 bridgehead atoms. The highest BCUT2D eigenvalue weighted by Gasteiger charge is 2.61. The number of benzene rings is 1. The number of imidazole rings is 1. The molecular formula is C23H18F5N5O3. The van der Waals surface area contributed by atoms with E-state index in [4.69, 9.17) is 4.52 Å². The summed E-state index contributed by atoms with van der Waals surface area (Å²) in [6.45, 7) is 0.0780. The van der Waals surface area contributed by atoms with Crippen LogP contribution in [0.5, 0.6) is 0 Å². The van der Waals surface area contributed by atoms with E-state index in [1.165, 1.54) is 16.8 Å². The van der Waals surface area contributed by atoms with Gasteiger partial charge >= 0.3 is 6.18 Å². The van der Waals surface area contributed by atoms with Crippen LogP contribution in [0.3, 0.4) is 0 Å². The predicted octanol–water partition coefficient (Wildman–Crippen LogP) is 5.15. The van der Waals surface area contributed by atoms with Gasteiger partial charge in [0.25, 0.3) is 11.8 Å². The normalized spacial score (nSPS) is 16.9. The Bertz CT molecular complexity index is 1450. The number of rotatable bonds is 7. The van der Waals surface area contributed by atoms with Crippen LogP contribution in [0.25, 0.3) is 17.0 Å². The molecule has 1 aromatic carbocycles. The number of nitrogens with zero attached hydrogens (tertiary/aromatic N) is 4. The number of alkyl halides is 5. The molecule has 1 fully saturated rings. The van der Waals surface area contributed by atoms with Crippen molar-refractivity contribution in [1.29, 1.82) is 0 Å². The van der Waals surface area contributed by atoms with E-state index in [1.54, 1.807) is 37.3 Å². The fourth-order valence-corrected chi connectivity index (χ4v) is 3.62. The molecule has 0 radical (unpaired) electrons. The van der Waals surface area contributed by atoms with Gasteiger partial charge in [-0.1, -0.05) is 23.4 Å². The first-order valence-corrected chi connectivity index (χ1v) is 10.7. The number of nitrogens with one attached hydrogen (secondary N) is 1. The van der Waals surface area contributed by atoms with E-state index in [0.29, 0.717) is 28.0 Å². The van der Waals surface area contributed by atoms with Crippen LogP contribution in [-0.4, -0.2) is 44.1 Å². The quantitative estimate of drug-likeness (QED) is 0.348. The van der Waals surface area contributed by atoms with Crippen LogP contribution >= 0.6 is 0 Å². The van der Waals surface area contributed by atoms with Gasteiger partial charge in [-0.05, 0) is 30.2 Å². The summed E-state index contributed by atoms with van der Waals surface area (Å²) in [5.41, 5.74) is 2.56. The van der Waals surface area contributed by atoms with Crippen molar-refractivity contribution in [2.75, 3.05) is 11.9 Å². The highest BCUT2D eigenvalue weighted by Crippen LogP contribution is 2.55. The minimum absolute atomic E-state index is 0.113. The molecule has 188 valence electrons. The number of carbonyl (C=O) groups is 1. The SMILES string of the molecule is Cc1ccc(-c2noc(C3CC3(F)F)n2)cc1NC(=O)c1cnc2ccc(COCC(F)(F)F)cn12. The number of hydrogen-bond acceptors (Lipinski definition) is 6. The van der Waals surface area contributed by atoms with E-state index in [9.17, 15) is 26.7 Å². The number of aromatic nitrogens is 4. The van der Waals surface area contributed by atoms with Crippen molar-refractivity contribution in [2.45, 2.75) is 38.0 Å². The van der Waals surface area contributed by atoms with Gasteiger partial charge in [0.1, 0.15) is 23.9 Å². The number of fused-ring (bicyclic) bond motifs is 1.